The number of carbonyl (C=O) groups excluding carboxylic acids is 1. The molecule has 130 valence electrons. The summed E-state index contributed by atoms with van der Waals surface area (Å²) in [5.41, 5.74) is 0.816. The molecule has 0 radical (unpaired) electrons. The third kappa shape index (κ3) is 3.64. The molecule has 1 aliphatic rings. The SMILES string of the molecule is CCc1nnsc1C(=O)N1CCCN(Cc2nccn2CC)CC1. The summed E-state index contributed by atoms with van der Waals surface area (Å²) in [5.74, 6) is 1.18. The van der Waals surface area contributed by atoms with Crippen LogP contribution in [-0.2, 0) is 19.5 Å². The van der Waals surface area contributed by atoms with Crippen molar-refractivity contribution in [1.82, 2.24) is 28.9 Å². The van der Waals surface area contributed by atoms with E-state index in [2.05, 4.69) is 31.0 Å². The van der Waals surface area contributed by atoms with Crippen LogP contribution in [0.3, 0.4) is 0 Å². The third-order valence-electron chi connectivity index (χ3n) is 4.47. The van der Waals surface area contributed by atoms with Gasteiger partial charge < -0.3 is 9.47 Å². The molecule has 1 aliphatic heterocycles. The lowest BCUT2D eigenvalue weighted by Gasteiger charge is -2.21. The molecule has 1 fully saturated rings. The van der Waals surface area contributed by atoms with Gasteiger partial charge in [0.15, 0.2) is 0 Å². The highest BCUT2D eigenvalue weighted by Crippen LogP contribution is 2.16. The van der Waals surface area contributed by atoms with Crippen LogP contribution in [-0.4, -0.2) is 61.0 Å². The van der Waals surface area contributed by atoms with Crippen molar-refractivity contribution in [3.05, 3.63) is 28.8 Å². The molecule has 3 heterocycles. The van der Waals surface area contributed by atoms with Gasteiger partial charge in [-0.1, -0.05) is 11.4 Å². The first-order chi connectivity index (χ1) is 11.7. The first-order valence-electron chi connectivity index (χ1n) is 8.55. The second-order valence-electron chi connectivity index (χ2n) is 5.95. The third-order valence-corrected chi connectivity index (χ3v) is 5.22. The Balaban J connectivity index is 1.62. The Labute approximate surface area is 146 Å². The summed E-state index contributed by atoms with van der Waals surface area (Å²) in [6.07, 6.45) is 5.60. The van der Waals surface area contributed by atoms with E-state index >= 15 is 0 Å². The van der Waals surface area contributed by atoms with E-state index in [1.165, 1.54) is 11.5 Å². The van der Waals surface area contributed by atoms with E-state index in [1.807, 2.05) is 24.2 Å². The van der Waals surface area contributed by atoms with E-state index in [-0.39, 0.29) is 5.91 Å². The van der Waals surface area contributed by atoms with Crippen molar-refractivity contribution in [2.45, 2.75) is 39.8 Å². The molecule has 0 bridgehead atoms. The largest absolute Gasteiger partial charge is 0.337 e. The Kier molecular flexibility index (Phi) is 5.57. The number of amides is 1. The van der Waals surface area contributed by atoms with Crippen molar-refractivity contribution < 1.29 is 4.79 Å². The quantitative estimate of drug-likeness (QED) is 0.822. The molecule has 2 aromatic rings. The molecule has 1 amide bonds. The average molecular weight is 348 g/mol. The Morgan fingerprint density at radius 2 is 2.12 bits per heavy atom. The first-order valence-corrected chi connectivity index (χ1v) is 9.33. The number of carbonyl (C=O) groups is 1. The van der Waals surface area contributed by atoms with Crippen LogP contribution in [0.4, 0.5) is 0 Å². The fourth-order valence-electron chi connectivity index (χ4n) is 3.06. The molecule has 0 aromatic carbocycles. The Hall–Kier alpha value is -1.80. The number of nitrogens with zero attached hydrogens (tertiary/aromatic N) is 6. The fraction of sp³-hybridized carbons (Fsp3) is 0.625. The predicted molar refractivity (Wildman–Crippen MR) is 93.0 cm³/mol. The average Bonchev–Trinajstić information content (AvgIpc) is 3.19. The maximum absolute atomic E-state index is 12.7. The van der Waals surface area contributed by atoms with Crippen molar-refractivity contribution in [3.63, 3.8) is 0 Å². The van der Waals surface area contributed by atoms with Gasteiger partial charge in [0.1, 0.15) is 10.7 Å². The Morgan fingerprint density at radius 3 is 2.92 bits per heavy atom. The summed E-state index contributed by atoms with van der Waals surface area (Å²) in [6, 6.07) is 0. The zero-order chi connectivity index (χ0) is 16.9. The highest BCUT2D eigenvalue weighted by molar-refractivity contribution is 7.08. The molecular formula is C16H24N6OS. The molecular weight excluding hydrogens is 324 g/mol. The minimum absolute atomic E-state index is 0.0822. The van der Waals surface area contributed by atoms with Gasteiger partial charge in [0.25, 0.3) is 5.91 Å². The van der Waals surface area contributed by atoms with Gasteiger partial charge in [-0.3, -0.25) is 9.69 Å². The number of hydrogen-bond acceptors (Lipinski definition) is 6. The number of hydrogen-bond donors (Lipinski definition) is 0. The van der Waals surface area contributed by atoms with Crippen molar-refractivity contribution in [1.29, 1.82) is 0 Å². The molecule has 3 rings (SSSR count). The van der Waals surface area contributed by atoms with Gasteiger partial charge >= 0.3 is 0 Å². The lowest BCUT2D eigenvalue weighted by molar-refractivity contribution is 0.0764. The zero-order valence-electron chi connectivity index (χ0n) is 14.3. The molecule has 0 aliphatic carbocycles. The van der Waals surface area contributed by atoms with E-state index in [0.717, 1.165) is 63.6 Å². The van der Waals surface area contributed by atoms with E-state index in [9.17, 15) is 4.79 Å². The van der Waals surface area contributed by atoms with Crippen molar-refractivity contribution in [3.8, 4) is 0 Å². The van der Waals surface area contributed by atoms with Crippen LogP contribution in [0.1, 0.15) is 41.5 Å². The number of aryl methyl sites for hydroxylation is 2. The van der Waals surface area contributed by atoms with Gasteiger partial charge in [-0.25, -0.2) is 4.98 Å². The first kappa shape index (κ1) is 17.0. The molecule has 0 atom stereocenters. The van der Waals surface area contributed by atoms with E-state index in [1.54, 1.807) is 0 Å². The van der Waals surface area contributed by atoms with Gasteiger partial charge in [-0.15, -0.1) is 5.10 Å². The zero-order valence-corrected chi connectivity index (χ0v) is 15.1. The maximum Gasteiger partial charge on any atom is 0.267 e. The second kappa shape index (κ2) is 7.85. The highest BCUT2D eigenvalue weighted by Gasteiger charge is 2.24. The molecule has 1 saturated heterocycles. The summed E-state index contributed by atoms with van der Waals surface area (Å²) >= 11 is 1.21. The van der Waals surface area contributed by atoms with Crippen molar-refractivity contribution in [2.24, 2.45) is 0 Å². The Morgan fingerprint density at radius 1 is 1.25 bits per heavy atom. The lowest BCUT2D eigenvalue weighted by Crippen LogP contribution is -2.35. The molecule has 2 aromatic heterocycles. The number of rotatable bonds is 5. The molecule has 0 spiro atoms. The standard InChI is InChI=1S/C16H24N6OS/c1-3-13-15(24-19-18-13)16(23)22-8-5-7-20(10-11-22)12-14-17-6-9-21(14)4-2/h6,9H,3-5,7-8,10-12H2,1-2H3. The normalized spacial score (nSPS) is 16.3. The van der Waals surface area contributed by atoms with E-state index < -0.39 is 0 Å². The summed E-state index contributed by atoms with van der Waals surface area (Å²) in [6.45, 7) is 9.30. The van der Waals surface area contributed by atoms with Crippen molar-refractivity contribution >= 4 is 17.4 Å². The maximum atomic E-state index is 12.7. The van der Waals surface area contributed by atoms with Crippen LogP contribution in [0.25, 0.3) is 0 Å². The Bertz CT molecular complexity index is 682. The topological polar surface area (TPSA) is 67.2 Å². The lowest BCUT2D eigenvalue weighted by atomic mass is 10.2. The minimum Gasteiger partial charge on any atom is -0.337 e. The van der Waals surface area contributed by atoms with Gasteiger partial charge in [-0.2, -0.15) is 0 Å². The van der Waals surface area contributed by atoms with Crippen LogP contribution in [0, 0.1) is 0 Å². The second-order valence-corrected chi connectivity index (χ2v) is 6.71. The van der Waals surface area contributed by atoms with Crippen LogP contribution in [0.15, 0.2) is 12.4 Å². The summed E-state index contributed by atoms with van der Waals surface area (Å²) in [7, 11) is 0. The molecule has 0 N–H and O–H groups in total. The van der Waals surface area contributed by atoms with Crippen molar-refractivity contribution in [2.75, 3.05) is 26.2 Å². The van der Waals surface area contributed by atoms with Gasteiger partial charge in [0.2, 0.25) is 0 Å². The predicted octanol–water partition coefficient (Wildman–Crippen LogP) is 1.67. The molecule has 0 saturated carbocycles. The molecule has 7 nitrogen and oxygen atoms in total. The van der Waals surface area contributed by atoms with Crippen LogP contribution in [0.5, 0.6) is 0 Å². The monoisotopic (exact) mass is 348 g/mol. The molecule has 8 heteroatoms. The van der Waals surface area contributed by atoms with E-state index in [0.29, 0.717) is 4.88 Å². The van der Waals surface area contributed by atoms with Gasteiger partial charge in [0.05, 0.1) is 12.2 Å². The molecule has 24 heavy (non-hydrogen) atoms. The minimum atomic E-state index is 0.0822. The summed E-state index contributed by atoms with van der Waals surface area (Å²) < 4.78 is 6.11. The molecule has 0 unspecified atom stereocenters. The smallest absolute Gasteiger partial charge is 0.267 e. The van der Waals surface area contributed by atoms with E-state index in [4.69, 9.17) is 0 Å². The van der Waals surface area contributed by atoms with Gasteiger partial charge in [0, 0.05) is 45.1 Å². The number of aromatic nitrogens is 4. The van der Waals surface area contributed by atoms with Crippen LogP contribution >= 0.6 is 11.5 Å². The number of imidazole rings is 1. The van der Waals surface area contributed by atoms with Crippen LogP contribution in [0.2, 0.25) is 0 Å². The fourth-order valence-corrected chi connectivity index (χ4v) is 3.78. The summed E-state index contributed by atoms with van der Waals surface area (Å²) in [5, 5.41) is 4.06. The summed E-state index contributed by atoms with van der Waals surface area (Å²) in [4.78, 5) is 22.2. The highest BCUT2D eigenvalue weighted by atomic mass is 32.1. The van der Waals surface area contributed by atoms with Gasteiger partial charge in [-0.05, 0) is 31.3 Å². The van der Waals surface area contributed by atoms with Crippen LogP contribution < -0.4 is 0 Å².